The molecule has 0 rings (SSSR count). The molecule has 4 atom stereocenters. The van der Waals surface area contributed by atoms with Gasteiger partial charge >= 0.3 is 0 Å². The number of unbranched alkanes of at least 4 members (excludes halogenated alkanes) is 24. The molecule has 0 saturated carbocycles. The molecule has 65 heavy (non-hydrogen) atoms. The van der Waals surface area contributed by atoms with Gasteiger partial charge in [0.1, 0.15) is 12.2 Å². The molecule has 0 heterocycles. The highest BCUT2D eigenvalue weighted by atomic mass is 16.4. The number of aliphatic hydroxyl groups excluding tert-OH is 4. The molecule has 0 fully saturated rings. The van der Waals surface area contributed by atoms with Gasteiger partial charge < -0.3 is 25.5 Å². The fourth-order valence-corrected chi connectivity index (χ4v) is 8.28. The Hall–Kier alpha value is -2.23. The number of ketones is 3. The van der Waals surface area contributed by atoms with Crippen molar-refractivity contribution in [2.45, 2.75) is 295 Å². The van der Waals surface area contributed by atoms with Crippen LogP contribution in [0.1, 0.15) is 265 Å². The summed E-state index contributed by atoms with van der Waals surface area (Å²) < 4.78 is 0. The number of carbonyl (C=O) groups excluding carboxylic acids is 3. The second kappa shape index (κ2) is 45.5. The summed E-state index contributed by atoms with van der Waals surface area (Å²) in [5.74, 6) is -2.33. The highest BCUT2D eigenvalue weighted by Crippen LogP contribution is 2.26. The molecule has 0 spiro atoms. The van der Waals surface area contributed by atoms with E-state index in [1.807, 2.05) is 0 Å². The average molecular weight is 915 g/mol. The van der Waals surface area contributed by atoms with Gasteiger partial charge in [0.05, 0.1) is 12.2 Å². The van der Waals surface area contributed by atoms with Crippen molar-refractivity contribution < 1.29 is 39.9 Å². The molecule has 0 aromatic heterocycles. The van der Waals surface area contributed by atoms with Crippen molar-refractivity contribution >= 4 is 17.3 Å². The van der Waals surface area contributed by atoms with E-state index >= 15 is 0 Å². The minimum atomic E-state index is -2.84. The second-order valence-corrected chi connectivity index (χ2v) is 19.0. The summed E-state index contributed by atoms with van der Waals surface area (Å²) in [7, 11) is 0. The highest BCUT2D eigenvalue weighted by molar-refractivity contribution is 6.11. The Morgan fingerprint density at radius 3 is 1.12 bits per heavy atom. The lowest BCUT2D eigenvalue weighted by molar-refractivity contribution is -0.174. The monoisotopic (exact) mass is 915 g/mol. The van der Waals surface area contributed by atoms with Gasteiger partial charge in [-0.2, -0.15) is 0 Å². The van der Waals surface area contributed by atoms with Crippen LogP contribution in [-0.2, 0) is 14.4 Å². The zero-order valence-electron chi connectivity index (χ0n) is 42.3. The first kappa shape index (κ1) is 62.8. The first-order valence-corrected chi connectivity index (χ1v) is 27.2. The van der Waals surface area contributed by atoms with E-state index in [1.165, 1.54) is 57.8 Å². The van der Waals surface area contributed by atoms with E-state index in [2.05, 4.69) is 69.4 Å². The smallest absolute Gasteiger partial charge is 0.210 e. The number of rotatable bonds is 49. The lowest BCUT2D eigenvalue weighted by atomic mass is 9.79. The van der Waals surface area contributed by atoms with Crippen LogP contribution in [0.25, 0.3) is 0 Å². The number of carbonyl (C=O) groups is 3. The molecule has 8 nitrogen and oxygen atoms in total. The van der Waals surface area contributed by atoms with Gasteiger partial charge in [0.2, 0.25) is 5.60 Å². The van der Waals surface area contributed by atoms with E-state index in [1.54, 1.807) is 0 Å². The predicted octanol–water partition coefficient (Wildman–Crippen LogP) is 14.0. The molecule has 0 aliphatic carbocycles. The third-order valence-corrected chi connectivity index (χ3v) is 12.8. The van der Waals surface area contributed by atoms with E-state index in [0.29, 0.717) is 44.9 Å². The molecule has 0 saturated heterocycles. The Bertz CT molecular complexity index is 1180. The molecule has 0 amide bonds. The lowest BCUT2D eigenvalue weighted by Crippen LogP contribution is -2.61. The maximum absolute atomic E-state index is 13.6. The number of hydrogen-bond donors (Lipinski definition) is 5. The summed E-state index contributed by atoms with van der Waals surface area (Å²) in [6, 6.07) is 0. The Labute approximate surface area is 399 Å². The Morgan fingerprint density at radius 1 is 0.400 bits per heavy atom. The molecule has 378 valence electrons. The number of aliphatic hydroxyl groups is 5. The molecule has 0 radical (unpaired) electrons. The molecule has 4 unspecified atom stereocenters. The molecule has 0 aliphatic heterocycles. The molecular formula is C57H102O8. The standard InChI is InChI=1S/C57H102O8/c1-4-7-10-13-16-17-18-19-20-21-22-23-24-33-40-47-52(60)55(63)56(64)57(65,53(61)48-41-34-27-25-31-38-45-50(58)43-36-29-14-11-8-5-2)54(62)49-42-35-28-26-32-39-46-51(59)44-37-30-15-12-9-6-3/h16-17,19-20,29-30,36-37,50-51,55-56,58-59,63-65H,4-15,18,21-28,31-35,38-49H2,1-3H3/b17-16-,20-19-,36-29-,37-30-. The normalized spacial score (nSPS) is 15.1. The summed E-state index contributed by atoms with van der Waals surface area (Å²) in [6.07, 6.45) is 45.4. The van der Waals surface area contributed by atoms with Crippen LogP contribution >= 0.6 is 0 Å². The molecular weight excluding hydrogens is 813 g/mol. The van der Waals surface area contributed by atoms with Gasteiger partial charge in [-0.3, -0.25) is 14.4 Å². The van der Waals surface area contributed by atoms with Gasteiger partial charge in [-0.25, -0.2) is 0 Å². The minimum Gasteiger partial charge on any atom is -0.393 e. The number of Topliss-reactive ketones (excluding diaryl/α,β-unsaturated/α-hetero) is 3. The summed E-state index contributed by atoms with van der Waals surface area (Å²) >= 11 is 0. The van der Waals surface area contributed by atoms with Crippen LogP contribution in [0, 0.1) is 0 Å². The maximum atomic E-state index is 13.6. The number of hydrogen-bond acceptors (Lipinski definition) is 8. The first-order valence-electron chi connectivity index (χ1n) is 27.2. The molecule has 0 aromatic rings. The van der Waals surface area contributed by atoms with Gasteiger partial charge in [-0.1, -0.05) is 191 Å². The third-order valence-electron chi connectivity index (χ3n) is 12.8. The quantitative estimate of drug-likeness (QED) is 0.0230. The lowest BCUT2D eigenvalue weighted by Gasteiger charge is -2.32. The first-order chi connectivity index (χ1) is 31.6. The summed E-state index contributed by atoms with van der Waals surface area (Å²) in [4.78, 5) is 40.3. The second-order valence-electron chi connectivity index (χ2n) is 19.0. The van der Waals surface area contributed by atoms with Crippen LogP contribution in [0.2, 0.25) is 0 Å². The molecule has 0 aliphatic rings. The highest BCUT2D eigenvalue weighted by Gasteiger charge is 2.52. The van der Waals surface area contributed by atoms with Crippen molar-refractivity contribution in [3.8, 4) is 0 Å². The Morgan fingerprint density at radius 2 is 0.723 bits per heavy atom. The van der Waals surface area contributed by atoms with Crippen molar-refractivity contribution in [2.24, 2.45) is 0 Å². The van der Waals surface area contributed by atoms with Crippen molar-refractivity contribution in [3.05, 3.63) is 48.6 Å². The van der Waals surface area contributed by atoms with Gasteiger partial charge in [0, 0.05) is 19.3 Å². The Kier molecular flexibility index (Phi) is 44.0. The van der Waals surface area contributed by atoms with E-state index in [9.17, 15) is 39.9 Å². The summed E-state index contributed by atoms with van der Waals surface area (Å²) in [5.41, 5.74) is -2.84. The number of allylic oxidation sites excluding steroid dienone is 6. The Balaban J connectivity index is 4.94. The van der Waals surface area contributed by atoms with Gasteiger partial charge in [-0.15, -0.1) is 0 Å². The van der Waals surface area contributed by atoms with Crippen LogP contribution in [0.5, 0.6) is 0 Å². The molecule has 5 N–H and O–H groups in total. The van der Waals surface area contributed by atoms with Crippen LogP contribution in [0.4, 0.5) is 0 Å². The van der Waals surface area contributed by atoms with Crippen LogP contribution in [0.15, 0.2) is 48.6 Å². The van der Waals surface area contributed by atoms with Gasteiger partial charge in [0.25, 0.3) is 0 Å². The van der Waals surface area contributed by atoms with Crippen LogP contribution < -0.4 is 0 Å². The van der Waals surface area contributed by atoms with E-state index in [0.717, 1.165) is 122 Å². The average Bonchev–Trinajstić information content (AvgIpc) is 3.30. The van der Waals surface area contributed by atoms with Crippen molar-refractivity contribution in [1.29, 1.82) is 0 Å². The van der Waals surface area contributed by atoms with Gasteiger partial charge in [-0.05, 0) is 103 Å². The SMILES string of the molecule is CCCCC/C=C\C/C=C\CCCCCCCC(=O)C(O)C(O)C(O)(C(=O)CCCCCCCCC(O)C/C=C\CCCCC)C(=O)CCCCCCCCC(O)C/C=C\CCCCC. The van der Waals surface area contributed by atoms with Gasteiger partial charge in [0.15, 0.2) is 17.3 Å². The molecule has 0 aromatic carbocycles. The van der Waals surface area contributed by atoms with Crippen LogP contribution in [-0.4, -0.2) is 72.9 Å². The van der Waals surface area contributed by atoms with E-state index in [-0.39, 0.29) is 31.5 Å². The summed E-state index contributed by atoms with van der Waals surface area (Å²) in [6.45, 7) is 6.60. The third kappa shape index (κ3) is 35.6. The zero-order chi connectivity index (χ0) is 48.1. The van der Waals surface area contributed by atoms with E-state index in [4.69, 9.17) is 0 Å². The van der Waals surface area contributed by atoms with Crippen molar-refractivity contribution in [1.82, 2.24) is 0 Å². The van der Waals surface area contributed by atoms with Crippen molar-refractivity contribution in [2.75, 3.05) is 0 Å². The fourth-order valence-electron chi connectivity index (χ4n) is 8.28. The maximum Gasteiger partial charge on any atom is 0.210 e. The molecule has 8 heteroatoms. The van der Waals surface area contributed by atoms with E-state index < -0.39 is 35.2 Å². The predicted molar refractivity (Wildman–Crippen MR) is 273 cm³/mol. The zero-order valence-corrected chi connectivity index (χ0v) is 42.3. The fraction of sp³-hybridized carbons (Fsp3) is 0.807. The van der Waals surface area contributed by atoms with Crippen LogP contribution in [0.3, 0.4) is 0 Å². The molecule has 0 bridgehead atoms. The topological polar surface area (TPSA) is 152 Å². The summed E-state index contributed by atoms with van der Waals surface area (Å²) in [5, 5.41) is 54.5. The van der Waals surface area contributed by atoms with Crippen molar-refractivity contribution in [3.63, 3.8) is 0 Å². The minimum absolute atomic E-state index is 0.000727. The largest absolute Gasteiger partial charge is 0.393 e.